The number of anilines is 2. The van der Waals surface area contributed by atoms with E-state index in [-0.39, 0.29) is 6.17 Å². The van der Waals surface area contributed by atoms with Crippen molar-refractivity contribution in [1.29, 1.82) is 5.26 Å². The van der Waals surface area contributed by atoms with Gasteiger partial charge in [0.15, 0.2) is 5.84 Å². The molecule has 3 N–H and O–H groups in total. The van der Waals surface area contributed by atoms with Crippen molar-refractivity contribution in [2.24, 2.45) is 15.7 Å². The van der Waals surface area contributed by atoms with Crippen molar-refractivity contribution in [2.75, 3.05) is 56.2 Å². The minimum atomic E-state index is -0.283. The lowest BCUT2D eigenvalue weighted by Crippen LogP contribution is -2.56. The number of nitrogens with one attached hydrogen (secondary N) is 1. The summed E-state index contributed by atoms with van der Waals surface area (Å²) in [5.41, 5.74) is 8.89. The molecule has 0 saturated carbocycles. The SMILES string of the molecule is CC(N=C(N=CN)c1ccc(OCCn2ccnc2)c(C#N)c1)Nc1ccc(N2CCN(C3COC3)CC2)cc1. The number of nitriles is 1. The zero-order valence-electron chi connectivity index (χ0n) is 22.7. The highest BCUT2D eigenvalue weighted by atomic mass is 16.5. The topological polar surface area (TPSA) is 129 Å². The fourth-order valence-corrected chi connectivity index (χ4v) is 4.82. The Kier molecular flexibility index (Phi) is 8.90. The third kappa shape index (κ3) is 6.77. The highest BCUT2D eigenvalue weighted by Gasteiger charge is 2.28. The summed E-state index contributed by atoms with van der Waals surface area (Å²) in [6, 6.07) is 16.6. The number of nitrogens with two attached hydrogens (primary N) is 1. The van der Waals surface area contributed by atoms with E-state index in [0.717, 1.165) is 45.1 Å². The molecule has 0 bridgehead atoms. The third-order valence-corrected chi connectivity index (χ3v) is 7.10. The van der Waals surface area contributed by atoms with Gasteiger partial charge in [0.1, 0.15) is 24.6 Å². The van der Waals surface area contributed by atoms with Gasteiger partial charge >= 0.3 is 0 Å². The maximum Gasteiger partial charge on any atom is 0.158 e. The fourth-order valence-electron chi connectivity index (χ4n) is 4.82. The molecular weight excluding hydrogens is 506 g/mol. The molecule has 2 aliphatic rings. The lowest BCUT2D eigenvalue weighted by atomic mass is 10.1. The summed E-state index contributed by atoms with van der Waals surface area (Å²) in [5.74, 6) is 0.933. The largest absolute Gasteiger partial charge is 0.490 e. The van der Waals surface area contributed by atoms with Crippen LogP contribution in [0.15, 0.2) is 71.2 Å². The Labute approximate surface area is 234 Å². The Morgan fingerprint density at radius 3 is 2.67 bits per heavy atom. The first-order valence-electron chi connectivity index (χ1n) is 13.5. The quantitative estimate of drug-likeness (QED) is 0.296. The highest BCUT2D eigenvalue weighted by Crippen LogP contribution is 2.23. The van der Waals surface area contributed by atoms with Gasteiger partial charge in [-0.3, -0.25) is 4.90 Å². The summed E-state index contributed by atoms with van der Waals surface area (Å²) in [6.45, 7) is 8.89. The molecule has 2 aromatic carbocycles. The van der Waals surface area contributed by atoms with Gasteiger partial charge in [0.2, 0.25) is 0 Å². The van der Waals surface area contributed by atoms with Crippen LogP contribution in [0.25, 0.3) is 0 Å². The molecule has 0 radical (unpaired) electrons. The number of hydrogen-bond acceptors (Lipinski definition) is 8. The average Bonchev–Trinajstić information content (AvgIpc) is 3.46. The number of rotatable bonds is 10. The Balaban J connectivity index is 1.19. The van der Waals surface area contributed by atoms with Gasteiger partial charge in [-0.05, 0) is 49.4 Å². The summed E-state index contributed by atoms with van der Waals surface area (Å²) < 4.78 is 13.1. The summed E-state index contributed by atoms with van der Waals surface area (Å²) in [5, 5.41) is 13.1. The highest BCUT2D eigenvalue weighted by molar-refractivity contribution is 6.03. The van der Waals surface area contributed by atoms with Gasteiger partial charge in [-0.1, -0.05) is 0 Å². The second-order valence-electron chi connectivity index (χ2n) is 9.78. The first-order valence-corrected chi connectivity index (χ1v) is 13.5. The van der Waals surface area contributed by atoms with Gasteiger partial charge in [-0.15, -0.1) is 0 Å². The maximum absolute atomic E-state index is 9.71. The third-order valence-electron chi connectivity index (χ3n) is 7.10. The fraction of sp³-hybridized carbons (Fsp3) is 0.379. The lowest BCUT2D eigenvalue weighted by molar-refractivity contribution is -0.0660. The van der Waals surface area contributed by atoms with Crippen LogP contribution >= 0.6 is 0 Å². The van der Waals surface area contributed by atoms with E-state index < -0.39 is 0 Å². The normalized spacial score (nSPS) is 17.4. The molecule has 208 valence electrons. The van der Waals surface area contributed by atoms with E-state index in [9.17, 15) is 5.26 Å². The zero-order valence-corrected chi connectivity index (χ0v) is 22.7. The molecule has 1 aromatic heterocycles. The number of nitrogens with zero attached hydrogens (tertiary/aromatic N) is 7. The number of imidazole rings is 1. The summed E-state index contributed by atoms with van der Waals surface area (Å²) in [4.78, 5) is 18.0. The van der Waals surface area contributed by atoms with E-state index in [1.165, 1.54) is 12.0 Å². The van der Waals surface area contributed by atoms with E-state index in [1.807, 2.05) is 23.8 Å². The predicted molar refractivity (Wildman–Crippen MR) is 156 cm³/mol. The molecule has 2 saturated heterocycles. The van der Waals surface area contributed by atoms with Crippen molar-refractivity contribution in [3.63, 3.8) is 0 Å². The molecule has 11 nitrogen and oxygen atoms in total. The molecule has 3 heterocycles. The molecule has 1 unspecified atom stereocenters. The van der Waals surface area contributed by atoms with E-state index in [2.05, 4.69) is 55.4 Å². The Hall–Kier alpha value is -4.40. The summed E-state index contributed by atoms with van der Waals surface area (Å²) >= 11 is 0. The van der Waals surface area contributed by atoms with Crippen LogP contribution in [-0.4, -0.2) is 84.8 Å². The van der Waals surface area contributed by atoms with Gasteiger partial charge in [0.25, 0.3) is 0 Å². The second-order valence-corrected chi connectivity index (χ2v) is 9.78. The molecule has 0 spiro atoms. The van der Waals surface area contributed by atoms with Crippen LogP contribution in [0.4, 0.5) is 11.4 Å². The first kappa shape index (κ1) is 27.2. The summed E-state index contributed by atoms with van der Waals surface area (Å²) in [7, 11) is 0. The second kappa shape index (κ2) is 13.1. The van der Waals surface area contributed by atoms with E-state index in [0.29, 0.717) is 41.9 Å². The molecule has 2 fully saturated rings. The Morgan fingerprint density at radius 1 is 1.23 bits per heavy atom. The number of aromatic nitrogens is 2. The monoisotopic (exact) mass is 541 g/mol. The van der Waals surface area contributed by atoms with Crippen LogP contribution in [-0.2, 0) is 11.3 Å². The molecule has 5 rings (SSSR count). The molecule has 11 heteroatoms. The van der Waals surface area contributed by atoms with Crippen LogP contribution in [0.2, 0.25) is 0 Å². The molecule has 1 atom stereocenters. The van der Waals surface area contributed by atoms with Crippen LogP contribution in [0, 0.1) is 11.3 Å². The standard InChI is InChI=1S/C29H35N9O2/c1-22(34-25-3-5-26(6-4-25)37-10-12-38(13-11-37)27-18-39-19-27)35-29(33-20-31)23-2-7-28(24(16-23)17-30)40-15-14-36-9-8-32-21-36/h2-9,16,20-22,27,34H,10-15,18-19H2,1H3,(H2,31,33,35). The van der Waals surface area contributed by atoms with Gasteiger partial charge in [-0.25, -0.2) is 15.0 Å². The van der Waals surface area contributed by atoms with Crippen molar-refractivity contribution in [3.05, 3.63) is 72.3 Å². The number of aliphatic imine (C=N–C) groups is 2. The van der Waals surface area contributed by atoms with Crippen molar-refractivity contribution >= 4 is 23.5 Å². The van der Waals surface area contributed by atoms with Crippen LogP contribution in [0.3, 0.4) is 0 Å². The molecular formula is C29H35N9O2. The minimum absolute atomic E-state index is 0.283. The van der Waals surface area contributed by atoms with E-state index in [4.69, 9.17) is 20.2 Å². The zero-order chi connectivity index (χ0) is 27.7. The van der Waals surface area contributed by atoms with Crippen molar-refractivity contribution in [2.45, 2.75) is 25.7 Å². The number of amidine groups is 1. The molecule has 0 amide bonds. The number of ether oxygens (including phenoxy) is 2. The Morgan fingerprint density at radius 2 is 2.02 bits per heavy atom. The van der Waals surface area contributed by atoms with Crippen LogP contribution < -0.4 is 20.7 Å². The molecule has 0 aliphatic carbocycles. The molecule has 3 aromatic rings. The predicted octanol–water partition coefficient (Wildman–Crippen LogP) is 2.55. The average molecular weight is 542 g/mol. The first-order chi connectivity index (χ1) is 19.6. The van der Waals surface area contributed by atoms with Gasteiger partial charge in [0.05, 0.1) is 44.0 Å². The number of piperazine rings is 1. The molecule has 40 heavy (non-hydrogen) atoms. The van der Waals surface area contributed by atoms with Crippen LogP contribution in [0.5, 0.6) is 5.75 Å². The molecule has 2 aliphatic heterocycles. The number of hydrogen-bond donors (Lipinski definition) is 2. The maximum atomic E-state index is 9.71. The van der Waals surface area contributed by atoms with E-state index >= 15 is 0 Å². The lowest BCUT2D eigenvalue weighted by Gasteiger charge is -2.43. The number of benzene rings is 2. The summed E-state index contributed by atoms with van der Waals surface area (Å²) in [6.07, 6.45) is 6.23. The van der Waals surface area contributed by atoms with Gasteiger partial charge in [-0.2, -0.15) is 5.26 Å². The van der Waals surface area contributed by atoms with Gasteiger partial charge in [0, 0.05) is 55.5 Å². The minimum Gasteiger partial charge on any atom is -0.490 e. The van der Waals surface area contributed by atoms with E-state index in [1.54, 1.807) is 24.7 Å². The smallest absolute Gasteiger partial charge is 0.158 e. The van der Waals surface area contributed by atoms with Crippen LogP contribution in [0.1, 0.15) is 18.1 Å². The van der Waals surface area contributed by atoms with Crippen molar-refractivity contribution in [1.82, 2.24) is 14.5 Å². The van der Waals surface area contributed by atoms with Crippen molar-refractivity contribution < 1.29 is 9.47 Å². The Bertz CT molecular complexity index is 1340. The van der Waals surface area contributed by atoms with Gasteiger partial charge < -0.3 is 30.0 Å². The van der Waals surface area contributed by atoms with Crippen molar-refractivity contribution in [3.8, 4) is 11.8 Å².